The number of carbonyl (C=O) groups excluding carboxylic acids is 2. The van der Waals surface area contributed by atoms with Gasteiger partial charge in [0.05, 0.1) is 39.3 Å². The first kappa shape index (κ1) is 28.4. The third kappa shape index (κ3) is 7.08. The zero-order valence-corrected chi connectivity index (χ0v) is 21.9. The lowest BCUT2D eigenvalue weighted by molar-refractivity contribution is -0.137. The van der Waals surface area contributed by atoms with Crippen LogP contribution < -0.4 is 10.6 Å². The largest absolute Gasteiger partial charge is 0.418 e. The number of nitrogens with one attached hydrogen (secondary N) is 2. The predicted octanol–water partition coefficient (Wildman–Crippen LogP) is 6.39. The van der Waals surface area contributed by atoms with Crippen LogP contribution in [0.1, 0.15) is 21.7 Å². The summed E-state index contributed by atoms with van der Waals surface area (Å²) in [6, 6.07) is 14.4. The second-order valence-electron chi connectivity index (χ2n) is 7.91. The number of thioether (sulfide) groups is 1. The number of nitrogens with zero attached hydrogens (tertiary/aromatic N) is 3. The Hall–Kier alpha value is -3.61. The molecular formula is C25H17Cl2F4N5O2S. The lowest BCUT2D eigenvalue weighted by atomic mass is 10.1. The van der Waals surface area contributed by atoms with Gasteiger partial charge in [-0.1, -0.05) is 53.2 Å². The molecule has 0 atom stereocenters. The van der Waals surface area contributed by atoms with Crippen molar-refractivity contribution in [3.05, 3.63) is 99.5 Å². The van der Waals surface area contributed by atoms with Gasteiger partial charge in [-0.05, 0) is 48.5 Å². The number of anilines is 1. The van der Waals surface area contributed by atoms with Crippen LogP contribution in [0.3, 0.4) is 0 Å². The van der Waals surface area contributed by atoms with E-state index in [0.717, 1.165) is 30.0 Å². The first-order valence-electron chi connectivity index (χ1n) is 11.1. The van der Waals surface area contributed by atoms with Crippen molar-refractivity contribution in [1.29, 1.82) is 0 Å². The number of benzene rings is 3. The molecule has 0 saturated heterocycles. The van der Waals surface area contributed by atoms with Crippen molar-refractivity contribution >= 4 is 52.5 Å². The molecule has 1 heterocycles. The van der Waals surface area contributed by atoms with E-state index in [1.807, 2.05) is 0 Å². The second kappa shape index (κ2) is 12.1. The smallest absolute Gasteiger partial charge is 0.345 e. The molecule has 0 radical (unpaired) electrons. The van der Waals surface area contributed by atoms with Crippen LogP contribution in [0.5, 0.6) is 0 Å². The van der Waals surface area contributed by atoms with Gasteiger partial charge in [0.1, 0.15) is 5.82 Å². The summed E-state index contributed by atoms with van der Waals surface area (Å²) < 4.78 is 54.8. The Bertz CT molecular complexity index is 1530. The van der Waals surface area contributed by atoms with Gasteiger partial charge in [-0.3, -0.25) is 14.2 Å². The molecule has 0 fully saturated rings. The highest BCUT2D eigenvalue weighted by Crippen LogP contribution is 2.35. The van der Waals surface area contributed by atoms with Gasteiger partial charge >= 0.3 is 6.18 Å². The summed E-state index contributed by atoms with van der Waals surface area (Å²) in [6.07, 6.45) is -4.64. The number of carbonyl (C=O) groups is 2. The molecule has 202 valence electrons. The normalized spacial score (nSPS) is 11.3. The third-order valence-electron chi connectivity index (χ3n) is 5.19. The number of halogens is 6. The Balaban J connectivity index is 1.54. The third-order valence-corrected chi connectivity index (χ3v) is 6.86. The van der Waals surface area contributed by atoms with Gasteiger partial charge < -0.3 is 10.6 Å². The molecule has 7 nitrogen and oxygen atoms in total. The van der Waals surface area contributed by atoms with Gasteiger partial charge in [0, 0.05) is 5.56 Å². The minimum Gasteiger partial charge on any atom is -0.345 e. The van der Waals surface area contributed by atoms with Crippen molar-refractivity contribution in [1.82, 2.24) is 20.1 Å². The fourth-order valence-corrected chi connectivity index (χ4v) is 4.50. The van der Waals surface area contributed by atoms with Gasteiger partial charge in [-0.25, -0.2) is 4.39 Å². The first-order valence-corrected chi connectivity index (χ1v) is 12.8. The average molecular weight is 598 g/mol. The number of rotatable bonds is 8. The number of hydrogen-bond donors (Lipinski definition) is 2. The molecule has 4 aromatic rings. The van der Waals surface area contributed by atoms with E-state index in [9.17, 15) is 27.2 Å². The van der Waals surface area contributed by atoms with Crippen LogP contribution in [0.2, 0.25) is 10.0 Å². The van der Waals surface area contributed by atoms with Crippen LogP contribution in [0.4, 0.5) is 23.2 Å². The van der Waals surface area contributed by atoms with E-state index in [1.165, 1.54) is 47.0 Å². The molecule has 39 heavy (non-hydrogen) atoms. The van der Waals surface area contributed by atoms with Crippen LogP contribution in [0.25, 0.3) is 5.69 Å². The molecule has 3 aromatic carbocycles. The first-order chi connectivity index (χ1) is 18.5. The molecule has 2 N–H and O–H groups in total. The molecule has 0 aliphatic heterocycles. The van der Waals surface area contributed by atoms with Crippen LogP contribution >= 0.6 is 35.0 Å². The number of hydrogen-bond acceptors (Lipinski definition) is 5. The lowest BCUT2D eigenvalue weighted by Crippen LogP contribution is -2.24. The van der Waals surface area contributed by atoms with Gasteiger partial charge in [0.15, 0.2) is 11.0 Å². The Morgan fingerprint density at radius 1 is 0.949 bits per heavy atom. The quantitative estimate of drug-likeness (QED) is 0.181. The summed E-state index contributed by atoms with van der Waals surface area (Å²) >= 11 is 13.1. The summed E-state index contributed by atoms with van der Waals surface area (Å²) in [7, 11) is 0. The summed E-state index contributed by atoms with van der Waals surface area (Å²) in [5, 5.41) is 13.8. The zero-order valence-electron chi connectivity index (χ0n) is 19.6. The van der Waals surface area contributed by atoms with Crippen molar-refractivity contribution < 1.29 is 27.2 Å². The fourth-order valence-electron chi connectivity index (χ4n) is 3.44. The van der Waals surface area contributed by atoms with E-state index in [4.69, 9.17) is 23.2 Å². The Morgan fingerprint density at radius 3 is 2.44 bits per heavy atom. The standard InChI is InChI=1S/C25H17Cl2F4N5O2S/c26-18-9-8-16(11-19(18)27)36-21(12-32-23(38)14-4-3-5-15(28)10-14)34-35-24(36)39-13-22(37)33-20-7-2-1-6-17(20)25(29,30)31/h1-11H,12-13H2,(H,32,38)(H,33,37). The van der Waals surface area contributed by atoms with Gasteiger partial charge in [0.25, 0.3) is 5.91 Å². The fraction of sp³-hybridized carbons (Fsp3) is 0.120. The van der Waals surface area contributed by atoms with Gasteiger partial charge in [-0.15, -0.1) is 10.2 Å². The van der Waals surface area contributed by atoms with E-state index in [0.29, 0.717) is 5.69 Å². The monoisotopic (exact) mass is 597 g/mol. The van der Waals surface area contributed by atoms with Crippen LogP contribution in [0, 0.1) is 5.82 Å². The Labute approximate surface area is 233 Å². The molecule has 1 aromatic heterocycles. The van der Waals surface area contributed by atoms with Crippen LogP contribution in [0.15, 0.2) is 71.9 Å². The van der Waals surface area contributed by atoms with E-state index in [-0.39, 0.29) is 44.6 Å². The van der Waals surface area contributed by atoms with E-state index in [2.05, 4.69) is 20.8 Å². The number of para-hydroxylation sites is 1. The maximum atomic E-state index is 13.5. The van der Waals surface area contributed by atoms with Crippen molar-refractivity contribution in [3.8, 4) is 5.69 Å². The maximum Gasteiger partial charge on any atom is 0.418 e. The minimum atomic E-state index is -4.64. The predicted molar refractivity (Wildman–Crippen MR) is 140 cm³/mol. The molecule has 0 aliphatic rings. The van der Waals surface area contributed by atoms with Crippen molar-refractivity contribution in [2.24, 2.45) is 0 Å². The molecule has 0 aliphatic carbocycles. The van der Waals surface area contributed by atoms with E-state index < -0.39 is 29.4 Å². The molecule has 0 bridgehead atoms. The van der Waals surface area contributed by atoms with Gasteiger partial charge in [0.2, 0.25) is 5.91 Å². The van der Waals surface area contributed by atoms with Crippen molar-refractivity contribution in [3.63, 3.8) is 0 Å². The van der Waals surface area contributed by atoms with E-state index in [1.54, 1.807) is 6.07 Å². The summed E-state index contributed by atoms with van der Waals surface area (Å²) in [5.41, 5.74) is -0.795. The zero-order chi connectivity index (χ0) is 28.2. The van der Waals surface area contributed by atoms with Crippen LogP contribution in [-0.4, -0.2) is 32.3 Å². The summed E-state index contributed by atoms with van der Waals surface area (Å²) in [4.78, 5) is 25.0. The second-order valence-corrected chi connectivity index (χ2v) is 9.66. The minimum absolute atomic E-state index is 0.0982. The van der Waals surface area contributed by atoms with E-state index >= 15 is 0 Å². The Morgan fingerprint density at radius 2 is 1.72 bits per heavy atom. The Kier molecular flexibility index (Phi) is 8.78. The molecule has 0 saturated carbocycles. The van der Waals surface area contributed by atoms with Crippen molar-refractivity contribution in [2.75, 3.05) is 11.1 Å². The lowest BCUT2D eigenvalue weighted by Gasteiger charge is -2.14. The van der Waals surface area contributed by atoms with Crippen LogP contribution in [-0.2, 0) is 17.5 Å². The summed E-state index contributed by atoms with van der Waals surface area (Å²) in [5.74, 6) is -1.90. The highest BCUT2D eigenvalue weighted by atomic mass is 35.5. The van der Waals surface area contributed by atoms with Crippen molar-refractivity contribution in [2.45, 2.75) is 17.9 Å². The molecular weight excluding hydrogens is 581 g/mol. The van der Waals surface area contributed by atoms with Gasteiger partial charge in [-0.2, -0.15) is 13.2 Å². The average Bonchev–Trinajstić information content (AvgIpc) is 3.30. The number of amides is 2. The SMILES string of the molecule is O=C(CSc1nnc(CNC(=O)c2cccc(F)c2)n1-c1ccc(Cl)c(Cl)c1)Nc1ccccc1C(F)(F)F. The topological polar surface area (TPSA) is 88.9 Å². The molecule has 0 spiro atoms. The molecule has 2 amide bonds. The molecule has 0 unspecified atom stereocenters. The molecule has 14 heteroatoms. The number of aromatic nitrogens is 3. The number of alkyl halides is 3. The maximum absolute atomic E-state index is 13.5. The summed E-state index contributed by atoms with van der Waals surface area (Å²) in [6.45, 7) is -0.131. The highest BCUT2D eigenvalue weighted by molar-refractivity contribution is 7.99. The highest BCUT2D eigenvalue weighted by Gasteiger charge is 2.33. The molecule has 4 rings (SSSR count).